The first-order chi connectivity index (χ1) is 6.16. The van der Waals surface area contributed by atoms with Gasteiger partial charge in [0.05, 0.1) is 5.52 Å². The molecule has 1 N–H and O–H groups in total. The first kappa shape index (κ1) is 8.10. The van der Waals surface area contributed by atoms with Gasteiger partial charge in [0.15, 0.2) is 0 Å². The maximum atomic E-state index is 9.24. The third-order valence-corrected chi connectivity index (χ3v) is 2.03. The van der Waals surface area contributed by atoms with E-state index in [4.69, 9.17) is 0 Å². The van der Waals surface area contributed by atoms with Crippen LogP contribution in [-0.2, 0) is 0 Å². The number of phenols is 1. The molecule has 13 heavy (non-hydrogen) atoms. The Balaban J connectivity index is 2.62. The third kappa shape index (κ3) is 1.37. The second kappa shape index (κ2) is 2.76. The Labute approximate surface area is 76.6 Å². The van der Waals surface area contributed by atoms with E-state index in [0.29, 0.717) is 6.04 Å². The fourth-order valence-electron chi connectivity index (χ4n) is 1.30. The molecule has 0 fully saturated rings. The normalized spacial score (nSPS) is 11.3. The quantitative estimate of drug-likeness (QED) is 0.724. The smallest absolute Gasteiger partial charge is 0.116 e. The lowest BCUT2D eigenvalue weighted by Crippen LogP contribution is -1.99. The van der Waals surface area contributed by atoms with Crippen LogP contribution in [0.3, 0.4) is 0 Å². The van der Waals surface area contributed by atoms with Crippen molar-refractivity contribution in [2.45, 2.75) is 19.9 Å². The topological polar surface area (TPSA) is 38.0 Å². The largest absolute Gasteiger partial charge is 0.508 e. The maximum Gasteiger partial charge on any atom is 0.116 e. The van der Waals surface area contributed by atoms with Gasteiger partial charge in [-0.1, -0.05) is 0 Å². The van der Waals surface area contributed by atoms with Gasteiger partial charge in [0.2, 0.25) is 0 Å². The van der Waals surface area contributed by atoms with Gasteiger partial charge in [-0.2, -0.15) is 5.10 Å². The van der Waals surface area contributed by atoms with Crippen LogP contribution in [0.25, 0.3) is 10.9 Å². The second-order valence-corrected chi connectivity index (χ2v) is 3.45. The molecular formula is C10H12N2O. The fourth-order valence-corrected chi connectivity index (χ4v) is 1.30. The minimum atomic E-state index is 0.288. The van der Waals surface area contributed by atoms with E-state index in [1.165, 1.54) is 0 Å². The van der Waals surface area contributed by atoms with Crippen molar-refractivity contribution >= 4 is 10.9 Å². The van der Waals surface area contributed by atoms with Crippen LogP contribution < -0.4 is 0 Å². The Kier molecular flexibility index (Phi) is 1.72. The summed E-state index contributed by atoms with van der Waals surface area (Å²) in [7, 11) is 0. The predicted octanol–water partition coefficient (Wildman–Crippen LogP) is 2.32. The minimum Gasteiger partial charge on any atom is -0.508 e. The van der Waals surface area contributed by atoms with Crippen LogP contribution in [0.2, 0.25) is 0 Å². The number of aromatic nitrogens is 2. The predicted molar refractivity (Wildman–Crippen MR) is 51.8 cm³/mol. The summed E-state index contributed by atoms with van der Waals surface area (Å²) in [6.45, 7) is 4.15. The van der Waals surface area contributed by atoms with Gasteiger partial charge >= 0.3 is 0 Å². The van der Waals surface area contributed by atoms with Crippen molar-refractivity contribution in [1.29, 1.82) is 0 Å². The molecule has 0 unspecified atom stereocenters. The van der Waals surface area contributed by atoms with Gasteiger partial charge in [-0.05, 0) is 32.0 Å². The molecule has 1 aromatic carbocycles. The Bertz CT molecular complexity index is 431. The number of hydrogen-bond acceptors (Lipinski definition) is 2. The van der Waals surface area contributed by atoms with Gasteiger partial charge in [0.1, 0.15) is 5.75 Å². The Morgan fingerprint density at radius 2 is 2.15 bits per heavy atom. The maximum absolute atomic E-state index is 9.24. The molecule has 0 saturated heterocycles. The number of aromatic hydroxyl groups is 1. The van der Waals surface area contributed by atoms with Gasteiger partial charge in [0.25, 0.3) is 0 Å². The first-order valence-corrected chi connectivity index (χ1v) is 4.35. The Morgan fingerprint density at radius 1 is 1.38 bits per heavy atom. The standard InChI is InChI=1S/C10H12N2O/c1-7(2)12-6-8-5-9(13)3-4-10(8)11-12/h3-7,13H,1-2H3. The lowest BCUT2D eigenvalue weighted by molar-refractivity contribution is 0.476. The van der Waals surface area contributed by atoms with E-state index in [2.05, 4.69) is 18.9 Å². The molecule has 0 aliphatic rings. The summed E-state index contributed by atoms with van der Waals surface area (Å²) in [6.07, 6.45) is 1.94. The number of rotatable bonds is 1. The summed E-state index contributed by atoms with van der Waals surface area (Å²) in [5, 5.41) is 14.6. The van der Waals surface area contributed by atoms with Gasteiger partial charge < -0.3 is 5.11 Å². The second-order valence-electron chi connectivity index (χ2n) is 3.45. The van der Waals surface area contributed by atoms with E-state index >= 15 is 0 Å². The number of hydrogen-bond donors (Lipinski definition) is 1. The summed E-state index contributed by atoms with van der Waals surface area (Å²) < 4.78 is 1.89. The summed E-state index contributed by atoms with van der Waals surface area (Å²) >= 11 is 0. The van der Waals surface area contributed by atoms with Gasteiger partial charge in [0, 0.05) is 17.6 Å². The van der Waals surface area contributed by atoms with E-state index in [9.17, 15) is 5.11 Å². The monoisotopic (exact) mass is 176 g/mol. The molecule has 3 nitrogen and oxygen atoms in total. The number of nitrogens with zero attached hydrogens (tertiary/aromatic N) is 2. The molecule has 0 amide bonds. The summed E-state index contributed by atoms with van der Waals surface area (Å²) in [5.41, 5.74) is 0.923. The molecular weight excluding hydrogens is 164 g/mol. The lowest BCUT2D eigenvalue weighted by atomic mass is 10.2. The molecule has 3 heteroatoms. The van der Waals surface area contributed by atoms with Crippen molar-refractivity contribution < 1.29 is 5.11 Å². The minimum absolute atomic E-state index is 0.288. The van der Waals surface area contributed by atoms with Crippen molar-refractivity contribution in [2.75, 3.05) is 0 Å². The zero-order valence-corrected chi connectivity index (χ0v) is 7.73. The summed E-state index contributed by atoms with van der Waals surface area (Å²) in [4.78, 5) is 0. The molecule has 0 radical (unpaired) electrons. The molecule has 2 rings (SSSR count). The van der Waals surface area contributed by atoms with Crippen LogP contribution >= 0.6 is 0 Å². The average molecular weight is 176 g/mol. The molecule has 0 saturated carbocycles. The Hall–Kier alpha value is -1.51. The van der Waals surface area contributed by atoms with Crippen molar-refractivity contribution in [3.05, 3.63) is 24.4 Å². The van der Waals surface area contributed by atoms with Crippen LogP contribution in [0, 0.1) is 0 Å². The lowest BCUT2D eigenvalue weighted by Gasteiger charge is -2.02. The van der Waals surface area contributed by atoms with Crippen LogP contribution in [-0.4, -0.2) is 14.9 Å². The molecule has 0 bridgehead atoms. The first-order valence-electron chi connectivity index (χ1n) is 4.35. The van der Waals surface area contributed by atoms with Crippen molar-refractivity contribution in [3.63, 3.8) is 0 Å². The van der Waals surface area contributed by atoms with E-state index < -0.39 is 0 Å². The van der Waals surface area contributed by atoms with Crippen LogP contribution in [0.5, 0.6) is 5.75 Å². The zero-order valence-electron chi connectivity index (χ0n) is 7.73. The SMILES string of the molecule is CC(C)n1cc2cc(O)ccc2n1. The summed E-state index contributed by atoms with van der Waals surface area (Å²) in [6, 6.07) is 5.56. The summed E-state index contributed by atoms with van der Waals surface area (Å²) in [5.74, 6) is 0.288. The zero-order chi connectivity index (χ0) is 9.42. The highest BCUT2D eigenvalue weighted by atomic mass is 16.3. The van der Waals surface area contributed by atoms with Gasteiger partial charge in [-0.15, -0.1) is 0 Å². The molecule has 0 aliphatic carbocycles. The highest BCUT2D eigenvalue weighted by Gasteiger charge is 2.03. The van der Waals surface area contributed by atoms with Crippen molar-refractivity contribution in [2.24, 2.45) is 0 Å². The molecule has 68 valence electrons. The highest BCUT2D eigenvalue weighted by Crippen LogP contribution is 2.19. The Morgan fingerprint density at radius 3 is 2.85 bits per heavy atom. The van der Waals surface area contributed by atoms with Crippen molar-refractivity contribution in [1.82, 2.24) is 9.78 Å². The number of phenolic OH excluding ortho intramolecular Hbond substituents is 1. The van der Waals surface area contributed by atoms with Gasteiger partial charge in [-0.3, -0.25) is 4.68 Å². The molecule has 0 spiro atoms. The van der Waals surface area contributed by atoms with Gasteiger partial charge in [-0.25, -0.2) is 0 Å². The fraction of sp³-hybridized carbons (Fsp3) is 0.300. The number of fused-ring (bicyclic) bond motifs is 1. The molecule has 0 aliphatic heterocycles. The van der Waals surface area contributed by atoms with E-state index in [1.54, 1.807) is 12.1 Å². The molecule has 0 atom stereocenters. The van der Waals surface area contributed by atoms with Crippen LogP contribution in [0.1, 0.15) is 19.9 Å². The molecule has 1 heterocycles. The van der Waals surface area contributed by atoms with E-state index in [0.717, 1.165) is 10.9 Å². The van der Waals surface area contributed by atoms with Crippen LogP contribution in [0.15, 0.2) is 24.4 Å². The molecule has 1 aromatic heterocycles. The number of benzene rings is 1. The molecule has 2 aromatic rings. The van der Waals surface area contributed by atoms with Crippen LogP contribution in [0.4, 0.5) is 0 Å². The third-order valence-electron chi connectivity index (χ3n) is 2.03. The van der Waals surface area contributed by atoms with E-state index in [-0.39, 0.29) is 5.75 Å². The highest BCUT2D eigenvalue weighted by molar-refractivity contribution is 5.79. The van der Waals surface area contributed by atoms with Crippen molar-refractivity contribution in [3.8, 4) is 5.75 Å². The van der Waals surface area contributed by atoms with E-state index in [1.807, 2.05) is 16.9 Å². The average Bonchev–Trinajstić information content (AvgIpc) is 2.46.